The fourth-order valence-corrected chi connectivity index (χ4v) is 5.64. The molecule has 0 aliphatic carbocycles. The fourth-order valence-electron chi connectivity index (χ4n) is 5.38. The summed E-state index contributed by atoms with van der Waals surface area (Å²) in [6, 6.07) is 19.2. The fraction of sp³-hybridized carbons (Fsp3) is 0.233. The molecular weight excluding hydrogens is 574 g/mol. The average Bonchev–Trinajstić information content (AvgIpc) is 3.66. The molecule has 6 rings (SSSR count). The van der Waals surface area contributed by atoms with E-state index in [1.54, 1.807) is 27.9 Å². The molecule has 5 aromatic rings. The van der Waals surface area contributed by atoms with Crippen molar-refractivity contribution in [3.05, 3.63) is 101 Å². The molecule has 0 saturated carbocycles. The van der Waals surface area contributed by atoms with Crippen LogP contribution in [0.15, 0.2) is 88.1 Å². The van der Waals surface area contributed by atoms with Crippen LogP contribution in [-0.4, -0.2) is 57.0 Å². The Balaban J connectivity index is 1.14. The molecule has 0 N–H and O–H groups in total. The van der Waals surface area contributed by atoms with Gasteiger partial charge < -0.3 is 14.1 Å². The average molecular weight is 600 g/mol. The Hall–Kier alpha value is -4.31. The Morgan fingerprint density at radius 2 is 1.80 bits per heavy atom. The lowest BCUT2D eigenvalue weighted by molar-refractivity contribution is -0.149. The summed E-state index contributed by atoms with van der Waals surface area (Å²) < 4.78 is 13.7. The normalized spacial score (nSPS) is 14.8. The summed E-state index contributed by atoms with van der Waals surface area (Å²) in [5.74, 6) is 0.352. The van der Waals surface area contributed by atoms with Gasteiger partial charge in [-0.2, -0.15) is 0 Å². The first-order valence-corrected chi connectivity index (χ1v) is 13.7. The Bertz CT molecular complexity index is 1680. The molecule has 202 valence electrons. The molecule has 0 atom stereocenters. The molecule has 4 heterocycles. The summed E-state index contributed by atoms with van der Waals surface area (Å²) in [6.07, 6.45) is 6.37. The lowest BCUT2D eigenvalue weighted by Gasteiger charge is -2.39. The quantitative estimate of drug-likeness (QED) is 0.246. The number of aromatic nitrogens is 4. The number of esters is 1. The maximum absolute atomic E-state index is 13.3. The Morgan fingerprint density at radius 3 is 2.58 bits per heavy atom. The molecule has 0 bridgehead atoms. The number of likely N-dealkylation sites (tertiary alicyclic amines) is 1. The molecule has 1 amide bonds. The van der Waals surface area contributed by atoms with Crippen molar-refractivity contribution in [3.8, 4) is 11.3 Å². The molecular formula is C30H26BrN5O4. The second-order valence-electron chi connectivity index (χ2n) is 9.85. The number of nitrogens with zero attached hydrogens (tertiary/aromatic N) is 5. The van der Waals surface area contributed by atoms with Crippen molar-refractivity contribution in [1.82, 2.24) is 24.9 Å². The summed E-state index contributed by atoms with van der Waals surface area (Å²) in [7, 11) is 1.40. The maximum atomic E-state index is 13.3. The minimum Gasteiger partial charge on any atom is -0.468 e. The second-order valence-corrected chi connectivity index (χ2v) is 10.8. The molecule has 1 aliphatic rings. The number of hydrogen-bond donors (Lipinski definition) is 0. The van der Waals surface area contributed by atoms with Crippen molar-refractivity contribution < 1.29 is 18.7 Å². The van der Waals surface area contributed by atoms with Gasteiger partial charge in [0.25, 0.3) is 5.91 Å². The molecule has 9 nitrogen and oxygen atoms in total. The van der Waals surface area contributed by atoms with Gasteiger partial charge in [0.1, 0.15) is 18.0 Å². The molecule has 0 radical (unpaired) electrons. The second kappa shape index (κ2) is 10.7. The number of pyridine rings is 1. The highest BCUT2D eigenvalue weighted by atomic mass is 79.9. The van der Waals surface area contributed by atoms with Gasteiger partial charge in [0, 0.05) is 40.9 Å². The standard InChI is InChI=1S/C30H26BrN5O4/c1-39-29(38)30(21-6-8-22(31)9-7-21)12-14-35(15-13-30)28(37)27-11-10-23(40-27)18-36-19-26(33-34-36)25-17-32-16-20-4-2-3-5-24(20)25/h2-11,16-17,19H,12-15,18H2,1H3. The van der Waals surface area contributed by atoms with Crippen LogP contribution in [0, 0.1) is 0 Å². The molecule has 10 heteroatoms. The van der Waals surface area contributed by atoms with Crippen LogP contribution in [0.1, 0.15) is 34.7 Å². The molecule has 3 aromatic heterocycles. The first-order chi connectivity index (χ1) is 19.5. The SMILES string of the molecule is COC(=O)C1(c2ccc(Br)cc2)CCN(C(=O)c2ccc(Cn3cc(-c4cncc5ccccc45)nn3)o2)CC1. The number of amides is 1. The van der Waals surface area contributed by atoms with Crippen LogP contribution in [0.5, 0.6) is 0 Å². The van der Waals surface area contributed by atoms with Gasteiger partial charge >= 0.3 is 5.97 Å². The zero-order valence-electron chi connectivity index (χ0n) is 21.8. The molecule has 1 fully saturated rings. The summed E-state index contributed by atoms with van der Waals surface area (Å²) in [6.45, 7) is 1.14. The van der Waals surface area contributed by atoms with Gasteiger partial charge in [0.15, 0.2) is 5.76 Å². The van der Waals surface area contributed by atoms with Crippen LogP contribution in [0.4, 0.5) is 0 Å². The van der Waals surface area contributed by atoms with Crippen molar-refractivity contribution in [1.29, 1.82) is 0 Å². The Morgan fingerprint density at radius 1 is 1.02 bits per heavy atom. The topological polar surface area (TPSA) is 103 Å². The highest BCUT2D eigenvalue weighted by Crippen LogP contribution is 2.38. The van der Waals surface area contributed by atoms with E-state index in [9.17, 15) is 9.59 Å². The molecule has 2 aromatic carbocycles. The van der Waals surface area contributed by atoms with Gasteiger partial charge in [0.05, 0.1) is 18.7 Å². The predicted octanol–water partition coefficient (Wildman–Crippen LogP) is 5.24. The van der Waals surface area contributed by atoms with E-state index in [4.69, 9.17) is 9.15 Å². The van der Waals surface area contributed by atoms with Crippen LogP contribution in [0.2, 0.25) is 0 Å². The third kappa shape index (κ3) is 4.79. The van der Waals surface area contributed by atoms with E-state index < -0.39 is 5.41 Å². The lowest BCUT2D eigenvalue weighted by atomic mass is 9.72. The minimum atomic E-state index is -0.787. The summed E-state index contributed by atoms with van der Waals surface area (Å²) in [4.78, 5) is 32.2. The van der Waals surface area contributed by atoms with E-state index in [0.29, 0.717) is 43.9 Å². The van der Waals surface area contributed by atoms with Crippen LogP contribution < -0.4 is 0 Å². The number of fused-ring (bicyclic) bond motifs is 1. The van der Waals surface area contributed by atoms with Crippen LogP contribution >= 0.6 is 15.9 Å². The Labute approximate surface area is 238 Å². The third-order valence-electron chi connectivity index (χ3n) is 7.55. The smallest absolute Gasteiger partial charge is 0.316 e. The molecule has 0 spiro atoms. The number of carbonyl (C=O) groups excluding carboxylic acids is 2. The molecule has 40 heavy (non-hydrogen) atoms. The van der Waals surface area contributed by atoms with E-state index in [0.717, 1.165) is 26.4 Å². The van der Waals surface area contributed by atoms with Gasteiger partial charge in [0.2, 0.25) is 0 Å². The number of halogens is 1. The summed E-state index contributed by atoms with van der Waals surface area (Å²) in [5.41, 5.74) is 1.71. The van der Waals surface area contributed by atoms with E-state index in [1.807, 2.05) is 60.9 Å². The number of carbonyl (C=O) groups is 2. The molecule has 1 aliphatic heterocycles. The maximum Gasteiger partial charge on any atom is 0.316 e. The minimum absolute atomic E-state index is 0.207. The van der Waals surface area contributed by atoms with E-state index in [2.05, 4.69) is 31.2 Å². The van der Waals surface area contributed by atoms with E-state index in [1.165, 1.54) is 7.11 Å². The highest BCUT2D eigenvalue weighted by molar-refractivity contribution is 9.10. The van der Waals surface area contributed by atoms with Crippen LogP contribution in [0.3, 0.4) is 0 Å². The third-order valence-corrected chi connectivity index (χ3v) is 8.08. The zero-order chi connectivity index (χ0) is 27.7. The number of hydrogen-bond acceptors (Lipinski definition) is 7. The molecule has 1 saturated heterocycles. The molecule has 0 unspecified atom stereocenters. The van der Waals surface area contributed by atoms with Crippen LogP contribution in [-0.2, 0) is 21.5 Å². The van der Waals surface area contributed by atoms with Gasteiger partial charge in [-0.1, -0.05) is 57.5 Å². The first-order valence-electron chi connectivity index (χ1n) is 12.9. The van der Waals surface area contributed by atoms with Crippen molar-refractivity contribution in [2.75, 3.05) is 20.2 Å². The Kier molecular flexibility index (Phi) is 6.93. The first kappa shape index (κ1) is 25.9. The number of benzene rings is 2. The number of rotatable bonds is 6. The number of piperidine rings is 1. The van der Waals surface area contributed by atoms with Gasteiger partial charge in [-0.3, -0.25) is 14.6 Å². The zero-order valence-corrected chi connectivity index (χ0v) is 23.4. The monoisotopic (exact) mass is 599 g/mol. The van der Waals surface area contributed by atoms with Gasteiger partial charge in [-0.25, -0.2) is 4.68 Å². The van der Waals surface area contributed by atoms with Crippen molar-refractivity contribution in [3.63, 3.8) is 0 Å². The van der Waals surface area contributed by atoms with Crippen LogP contribution in [0.25, 0.3) is 22.0 Å². The number of methoxy groups -OCH3 is 1. The predicted molar refractivity (Wildman–Crippen MR) is 152 cm³/mol. The lowest BCUT2D eigenvalue weighted by Crippen LogP contribution is -2.49. The van der Waals surface area contributed by atoms with Gasteiger partial charge in [-0.05, 0) is 48.1 Å². The summed E-state index contributed by atoms with van der Waals surface area (Å²) >= 11 is 3.45. The highest BCUT2D eigenvalue weighted by Gasteiger charge is 2.45. The number of furan rings is 1. The van der Waals surface area contributed by atoms with Crippen molar-refractivity contribution in [2.24, 2.45) is 0 Å². The van der Waals surface area contributed by atoms with E-state index in [-0.39, 0.29) is 17.6 Å². The van der Waals surface area contributed by atoms with Crippen molar-refractivity contribution >= 4 is 38.6 Å². The van der Waals surface area contributed by atoms with Crippen molar-refractivity contribution in [2.45, 2.75) is 24.8 Å². The largest absolute Gasteiger partial charge is 0.468 e. The summed E-state index contributed by atoms with van der Waals surface area (Å²) in [5, 5.41) is 10.7. The van der Waals surface area contributed by atoms with Gasteiger partial charge in [-0.15, -0.1) is 5.10 Å². The number of ether oxygens (including phenoxy) is 1. The van der Waals surface area contributed by atoms with E-state index >= 15 is 0 Å².